The van der Waals surface area contributed by atoms with E-state index in [1.807, 2.05) is 6.07 Å². The highest BCUT2D eigenvalue weighted by atomic mass is 16.6. The molecule has 3 atom stereocenters. The summed E-state index contributed by atoms with van der Waals surface area (Å²) in [5.74, 6) is 0. The Kier molecular flexibility index (Phi) is 3.47. The van der Waals surface area contributed by atoms with Crippen molar-refractivity contribution < 1.29 is 14.2 Å². The van der Waals surface area contributed by atoms with E-state index >= 15 is 0 Å². The molecule has 0 spiro atoms. The highest BCUT2D eigenvalue weighted by Gasteiger charge is 2.37. The lowest BCUT2D eigenvalue weighted by atomic mass is 9.95. The summed E-state index contributed by atoms with van der Waals surface area (Å²) >= 11 is 0. The number of rotatable bonds is 6. The fraction of sp³-hybridized carbons (Fsp3) is 0.333. The standard InChI is InChI=1S/C18H18O3/c1-2-6-13(7-3-1)15-8-4-5-9-16(15)18(17-12-20-17)21-11-14-10-19-14/h1-9,14,17-18H,10-12H2. The minimum atomic E-state index is -0.00870. The van der Waals surface area contributed by atoms with Gasteiger partial charge in [0.2, 0.25) is 0 Å². The molecule has 0 amide bonds. The van der Waals surface area contributed by atoms with Crippen LogP contribution in [0.25, 0.3) is 11.1 Å². The van der Waals surface area contributed by atoms with E-state index in [1.165, 1.54) is 16.7 Å². The van der Waals surface area contributed by atoms with Gasteiger partial charge >= 0.3 is 0 Å². The predicted octanol–water partition coefficient (Wildman–Crippen LogP) is 3.21. The molecule has 21 heavy (non-hydrogen) atoms. The molecule has 2 aliphatic rings. The molecule has 2 fully saturated rings. The number of hydrogen-bond acceptors (Lipinski definition) is 3. The molecule has 2 aliphatic heterocycles. The molecule has 0 aromatic heterocycles. The summed E-state index contributed by atoms with van der Waals surface area (Å²) in [5.41, 5.74) is 3.63. The highest BCUT2D eigenvalue weighted by Crippen LogP contribution is 2.37. The Bertz CT molecular complexity index is 603. The van der Waals surface area contributed by atoms with E-state index in [1.54, 1.807) is 0 Å². The van der Waals surface area contributed by atoms with Gasteiger partial charge in [-0.1, -0.05) is 54.6 Å². The van der Waals surface area contributed by atoms with Gasteiger partial charge in [0.15, 0.2) is 0 Å². The van der Waals surface area contributed by atoms with Crippen LogP contribution in [0.5, 0.6) is 0 Å². The molecular formula is C18H18O3. The summed E-state index contributed by atoms with van der Waals surface area (Å²) in [6.07, 6.45) is 0.439. The summed E-state index contributed by atoms with van der Waals surface area (Å²) in [7, 11) is 0. The molecule has 4 rings (SSSR count). The van der Waals surface area contributed by atoms with Gasteiger partial charge in [0, 0.05) is 0 Å². The van der Waals surface area contributed by atoms with Crippen molar-refractivity contribution in [3.63, 3.8) is 0 Å². The van der Waals surface area contributed by atoms with Crippen LogP contribution in [0, 0.1) is 0 Å². The zero-order valence-corrected chi connectivity index (χ0v) is 11.8. The molecular weight excluding hydrogens is 264 g/mol. The minimum Gasteiger partial charge on any atom is -0.371 e. The van der Waals surface area contributed by atoms with Crippen molar-refractivity contribution in [3.8, 4) is 11.1 Å². The smallest absolute Gasteiger partial charge is 0.112 e. The van der Waals surface area contributed by atoms with E-state index in [4.69, 9.17) is 14.2 Å². The fourth-order valence-electron chi connectivity index (χ4n) is 2.63. The lowest BCUT2D eigenvalue weighted by Gasteiger charge is -2.19. The third kappa shape index (κ3) is 3.00. The number of ether oxygens (including phenoxy) is 3. The van der Waals surface area contributed by atoms with Gasteiger partial charge in [-0.25, -0.2) is 0 Å². The van der Waals surface area contributed by atoms with Crippen molar-refractivity contribution >= 4 is 0 Å². The average molecular weight is 282 g/mol. The van der Waals surface area contributed by atoms with Gasteiger partial charge in [0.1, 0.15) is 18.3 Å². The minimum absolute atomic E-state index is 0.00870. The van der Waals surface area contributed by atoms with Gasteiger partial charge in [-0.05, 0) is 16.7 Å². The SMILES string of the molecule is c1ccc(-c2ccccc2C(OCC2CO2)C2CO2)cc1. The normalized spacial score (nSPS) is 24.6. The molecule has 3 nitrogen and oxygen atoms in total. The lowest BCUT2D eigenvalue weighted by molar-refractivity contribution is 0.0236. The van der Waals surface area contributed by atoms with Crippen molar-refractivity contribution in [1.82, 2.24) is 0 Å². The van der Waals surface area contributed by atoms with E-state index in [9.17, 15) is 0 Å². The molecule has 0 radical (unpaired) electrons. The second-order valence-corrected chi connectivity index (χ2v) is 5.53. The Morgan fingerprint density at radius 2 is 1.67 bits per heavy atom. The van der Waals surface area contributed by atoms with E-state index < -0.39 is 0 Å². The molecule has 108 valence electrons. The highest BCUT2D eigenvalue weighted by molar-refractivity contribution is 5.67. The quantitative estimate of drug-likeness (QED) is 0.763. The third-order valence-corrected chi connectivity index (χ3v) is 3.91. The van der Waals surface area contributed by atoms with Crippen LogP contribution in [-0.2, 0) is 14.2 Å². The Balaban J connectivity index is 1.65. The molecule has 0 aliphatic carbocycles. The zero-order chi connectivity index (χ0) is 14.1. The van der Waals surface area contributed by atoms with E-state index in [0.717, 1.165) is 13.2 Å². The summed E-state index contributed by atoms with van der Waals surface area (Å²) < 4.78 is 16.8. The van der Waals surface area contributed by atoms with Crippen LogP contribution in [0.1, 0.15) is 11.7 Å². The zero-order valence-electron chi connectivity index (χ0n) is 11.8. The first-order valence-corrected chi connectivity index (χ1v) is 7.41. The monoisotopic (exact) mass is 282 g/mol. The maximum Gasteiger partial charge on any atom is 0.112 e. The van der Waals surface area contributed by atoms with Crippen molar-refractivity contribution in [2.45, 2.75) is 18.3 Å². The van der Waals surface area contributed by atoms with Gasteiger partial charge in [0.05, 0.1) is 19.8 Å². The van der Waals surface area contributed by atoms with Crippen molar-refractivity contribution in [3.05, 3.63) is 60.2 Å². The van der Waals surface area contributed by atoms with Gasteiger partial charge in [-0.15, -0.1) is 0 Å². The Morgan fingerprint density at radius 1 is 0.952 bits per heavy atom. The maximum atomic E-state index is 6.09. The first-order valence-electron chi connectivity index (χ1n) is 7.41. The van der Waals surface area contributed by atoms with Gasteiger partial charge in [0.25, 0.3) is 0 Å². The van der Waals surface area contributed by atoms with Crippen LogP contribution >= 0.6 is 0 Å². The number of benzene rings is 2. The summed E-state index contributed by atoms with van der Waals surface area (Å²) in [6, 6.07) is 18.9. The average Bonchev–Trinajstić information content (AvgIpc) is 3.43. The number of epoxide rings is 2. The molecule has 3 heteroatoms. The van der Waals surface area contributed by atoms with Crippen LogP contribution in [0.2, 0.25) is 0 Å². The predicted molar refractivity (Wildman–Crippen MR) is 80.1 cm³/mol. The third-order valence-electron chi connectivity index (χ3n) is 3.91. The summed E-state index contributed by atoms with van der Waals surface area (Å²) in [4.78, 5) is 0. The van der Waals surface area contributed by atoms with Crippen LogP contribution in [0.4, 0.5) is 0 Å². The van der Waals surface area contributed by atoms with Crippen LogP contribution in [0.3, 0.4) is 0 Å². The van der Waals surface area contributed by atoms with Crippen molar-refractivity contribution in [2.24, 2.45) is 0 Å². The molecule has 2 saturated heterocycles. The fourth-order valence-corrected chi connectivity index (χ4v) is 2.63. The van der Waals surface area contributed by atoms with Crippen molar-refractivity contribution in [2.75, 3.05) is 19.8 Å². The Labute approximate surface area is 124 Å². The van der Waals surface area contributed by atoms with Gasteiger partial charge in [-0.2, -0.15) is 0 Å². The molecule has 0 saturated carbocycles. The van der Waals surface area contributed by atoms with Crippen LogP contribution in [-0.4, -0.2) is 32.0 Å². The second-order valence-electron chi connectivity index (χ2n) is 5.53. The molecule has 0 bridgehead atoms. The first kappa shape index (κ1) is 13.0. The topological polar surface area (TPSA) is 34.3 Å². The Morgan fingerprint density at radius 3 is 2.38 bits per heavy atom. The molecule has 2 aromatic rings. The van der Waals surface area contributed by atoms with Crippen LogP contribution < -0.4 is 0 Å². The summed E-state index contributed by atoms with van der Waals surface area (Å²) in [5, 5.41) is 0. The van der Waals surface area contributed by atoms with E-state index in [2.05, 4.69) is 48.5 Å². The largest absolute Gasteiger partial charge is 0.371 e. The first-order chi connectivity index (χ1) is 10.4. The lowest BCUT2D eigenvalue weighted by Crippen LogP contribution is -2.15. The molecule has 3 unspecified atom stereocenters. The Hall–Kier alpha value is -1.68. The maximum absolute atomic E-state index is 6.09. The van der Waals surface area contributed by atoms with Gasteiger partial charge in [-0.3, -0.25) is 0 Å². The van der Waals surface area contributed by atoms with E-state index in [-0.39, 0.29) is 18.3 Å². The molecule has 0 N–H and O–H groups in total. The number of hydrogen-bond donors (Lipinski definition) is 0. The molecule has 2 heterocycles. The van der Waals surface area contributed by atoms with Gasteiger partial charge < -0.3 is 14.2 Å². The van der Waals surface area contributed by atoms with Crippen LogP contribution in [0.15, 0.2) is 54.6 Å². The summed E-state index contributed by atoms with van der Waals surface area (Å²) in [6.45, 7) is 2.24. The molecule has 2 aromatic carbocycles. The van der Waals surface area contributed by atoms with Crippen molar-refractivity contribution in [1.29, 1.82) is 0 Å². The second kappa shape index (κ2) is 5.60. The van der Waals surface area contributed by atoms with E-state index in [0.29, 0.717) is 6.61 Å².